The van der Waals surface area contributed by atoms with Crippen LogP contribution in [0.1, 0.15) is 10.9 Å². The van der Waals surface area contributed by atoms with Gasteiger partial charge in [-0.05, 0) is 17.7 Å². The molecule has 0 aliphatic rings. The molecule has 1 rings (SSSR count). The number of hydrogen-bond acceptors (Lipinski definition) is 4. The average Bonchev–Trinajstić information content (AvgIpc) is 2.26. The molecule has 0 fully saturated rings. The van der Waals surface area contributed by atoms with Crippen molar-refractivity contribution in [2.24, 2.45) is 0 Å². The number of hydrogen-bond donors (Lipinski definition) is 0. The van der Waals surface area contributed by atoms with Crippen molar-refractivity contribution in [3.63, 3.8) is 0 Å². The molecule has 1 aromatic rings. The minimum absolute atomic E-state index is 0.136. The molecule has 0 saturated heterocycles. The summed E-state index contributed by atoms with van der Waals surface area (Å²) in [6.45, 7) is 0. The smallest absolute Gasteiger partial charge is 0.161 e. The molecular formula is C11H14BrClO4S. The van der Waals surface area contributed by atoms with Crippen molar-refractivity contribution < 1.29 is 17.9 Å². The predicted octanol–water partition coefficient (Wildman–Crippen LogP) is 2.79. The van der Waals surface area contributed by atoms with Crippen LogP contribution in [0.2, 0.25) is 0 Å². The maximum absolute atomic E-state index is 11.2. The largest absolute Gasteiger partial charge is 0.493 e. The van der Waals surface area contributed by atoms with Crippen LogP contribution < -0.4 is 9.47 Å². The summed E-state index contributed by atoms with van der Waals surface area (Å²) in [6, 6.07) is 3.37. The topological polar surface area (TPSA) is 52.6 Å². The molecule has 18 heavy (non-hydrogen) atoms. The number of ether oxygens (including phenoxy) is 2. The van der Waals surface area contributed by atoms with Crippen molar-refractivity contribution in [2.75, 3.05) is 26.2 Å². The van der Waals surface area contributed by atoms with Crippen molar-refractivity contribution in [1.29, 1.82) is 0 Å². The quantitative estimate of drug-likeness (QED) is 0.760. The van der Waals surface area contributed by atoms with Crippen LogP contribution in [0.15, 0.2) is 16.6 Å². The highest BCUT2D eigenvalue weighted by Crippen LogP contribution is 2.38. The lowest BCUT2D eigenvalue weighted by molar-refractivity contribution is 0.354. The Bertz CT molecular complexity index is 530. The van der Waals surface area contributed by atoms with Gasteiger partial charge in [-0.3, -0.25) is 0 Å². The van der Waals surface area contributed by atoms with Crippen LogP contribution in [0, 0.1) is 0 Å². The van der Waals surface area contributed by atoms with E-state index in [4.69, 9.17) is 21.1 Å². The van der Waals surface area contributed by atoms with E-state index in [1.165, 1.54) is 14.2 Å². The summed E-state index contributed by atoms with van der Waals surface area (Å²) in [6.07, 6.45) is 1.15. The monoisotopic (exact) mass is 356 g/mol. The summed E-state index contributed by atoms with van der Waals surface area (Å²) in [5.74, 6) is 0.925. The van der Waals surface area contributed by atoms with E-state index in [1.54, 1.807) is 12.1 Å². The summed E-state index contributed by atoms with van der Waals surface area (Å²) in [5, 5.41) is -0.644. The van der Waals surface area contributed by atoms with Gasteiger partial charge in [0, 0.05) is 10.7 Å². The zero-order chi connectivity index (χ0) is 13.9. The van der Waals surface area contributed by atoms with Gasteiger partial charge in [0.2, 0.25) is 0 Å². The van der Waals surface area contributed by atoms with Crippen molar-refractivity contribution in [2.45, 2.75) is 5.38 Å². The molecule has 0 aliphatic carbocycles. The van der Waals surface area contributed by atoms with Gasteiger partial charge in [-0.15, -0.1) is 11.6 Å². The van der Waals surface area contributed by atoms with Gasteiger partial charge in [-0.1, -0.05) is 15.9 Å². The molecule has 0 N–H and O–H groups in total. The number of rotatable bonds is 5. The Hall–Kier alpha value is -0.460. The number of methoxy groups -OCH3 is 2. The molecule has 1 unspecified atom stereocenters. The Balaban J connectivity index is 3.17. The highest BCUT2D eigenvalue weighted by atomic mass is 79.9. The first kappa shape index (κ1) is 15.6. The molecule has 0 amide bonds. The van der Waals surface area contributed by atoms with E-state index in [-0.39, 0.29) is 5.75 Å². The molecule has 0 spiro atoms. The van der Waals surface area contributed by atoms with Crippen LogP contribution in [0.3, 0.4) is 0 Å². The minimum Gasteiger partial charge on any atom is -0.493 e. The van der Waals surface area contributed by atoms with Crippen molar-refractivity contribution in [3.05, 3.63) is 22.2 Å². The minimum atomic E-state index is -3.15. The van der Waals surface area contributed by atoms with Gasteiger partial charge in [0.15, 0.2) is 11.5 Å². The summed E-state index contributed by atoms with van der Waals surface area (Å²) >= 11 is 9.46. The number of alkyl halides is 1. The molecule has 4 nitrogen and oxygen atoms in total. The van der Waals surface area contributed by atoms with Gasteiger partial charge in [0.25, 0.3) is 0 Å². The van der Waals surface area contributed by atoms with Gasteiger partial charge in [-0.2, -0.15) is 0 Å². The van der Waals surface area contributed by atoms with Crippen LogP contribution >= 0.6 is 27.5 Å². The molecule has 0 bridgehead atoms. The van der Waals surface area contributed by atoms with E-state index in [9.17, 15) is 8.42 Å². The first-order chi connectivity index (χ1) is 8.28. The fourth-order valence-electron chi connectivity index (χ4n) is 1.47. The molecule has 1 atom stereocenters. The lowest BCUT2D eigenvalue weighted by Crippen LogP contribution is -2.09. The Morgan fingerprint density at radius 2 is 1.78 bits per heavy atom. The lowest BCUT2D eigenvalue weighted by Gasteiger charge is -2.15. The third-order valence-electron chi connectivity index (χ3n) is 2.29. The first-order valence-electron chi connectivity index (χ1n) is 5.01. The van der Waals surface area contributed by atoms with Crippen LogP contribution in [0.4, 0.5) is 0 Å². The van der Waals surface area contributed by atoms with Gasteiger partial charge >= 0.3 is 0 Å². The molecular weight excluding hydrogens is 344 g/mol. The molecule has 7 heteroatoms. The first-order valence-corrected chi connectivity index (χ1v) is 8.30. The third kappa shape index (κ3) is 4.03. The average molecular weight is 358 g/mol. The number of sulfone groups is 1. The summed E-state index contributed by atoms with van der Waals surface area (Å²) in [4.78, 5) is 0. The van der Waals surface area contributed by atoms with Crippen LogP contribution in [-0.4, -0.2) is 34.6 Å². The highest BCUT2D eigenvalue weighted by Gasteiger charge is 2.20. The molecule has 0 saturated carbocycles. The Kier molecular flexibility index (Phi) is 5.31. The summed E-state index contributed by atoms with van der Waals surface area (Å²) < 4.78 is 33.5. The lowest BCUT2D eigenvalue weighted by atomic mass is 10.1. The van der Waals surface area contributed by atoms with Crippen molar-refractivity contribution in [1.82, 2.24) is 0 Å². The van der Waals surface area contributed by atoms with Crippen molar-refractivity contribution >= 4 is 37.4 Å². The van der Waals surface area contributed by atoms with E-state index >= 15 is 0 Å². The summed E-state index contributed by atoms with van der Waals surface area (Å²) in [5.41, 5.74) is 0.653. The zero-order valence-corrected chi connectivity index (χ0v) is 13.4. The number of halogens is 2. The Morgan fingerprint density at radius 1 is 1.28 bits per heavy atom. The maximum atomic E-state index is 11.2. The van der Waals surface area contributed by atoms with Crippen LogP contribution in [0.5, 0.6) is 11.5 Å². The molecule has 0 heterocycles. The second kappa shape index (κ2) is 6.12. The molecule has 0 radical (unpaired) electrons. The molecule has 1 aromatic carbocycles. The highest BCUT2D eigenvalue weighted by molar-refractivity contribution is 9.10. The standard InChI is InChI=1S/C11H14BrClO4S/c1-16-10-4-7(8(12)5-11(10)17-2)9(13)6-18(3,14)15/h4-5,9H,6H2,1-3H3. The summed E-state index contributed by atoms with van der Waals surface area (Å²) in [7, 11) is -0.113. The SMILES string of the molecule is COc1cc(Br)c(C(Cl)CS(C)(=O)=O)cc1OC. The fraction of sp³-hybridized carbons (Fsp3) is 0.455. The normalized spacial score (nSPS) is 13.2. The zero-order valence-electron chi connectivity index (χ0n) is 10.2. The van der Waals surface area contributed by atoms with Gasteiger partial charge in [0.05, 0.1) is 25.3 Å². The van der Waals surface area contributed by atoms with Crippen molar-refractivity contribution in [3.8, 4) is 11.5 Å². The Labute approximate surface area is 120 Å². The predicted molar refractivity (Wildman–Crippen MR) is 75.6 cm³/mol. The van der Waals surface area contributed by atoms with Gasteiger partial charge in [-0.25, -0.2) is 8.42 Å². The molecule has 0 aromatic heterocycles. The van der Waals surface area contributed by atoms with E-state index < -0.39 is 15.2 Å². The van der Waals surface area contributed by atoms with E-state index in [0.717, 1.165) is 6.26 Å². The second-order valence-corrected chi connectivity index (χ2v) is 7.35. The second-order valence-electron chi connectivity index (χ2n) is 3.79. The third-order valence-corrected chi connectivity index (χ3v) is 4.49. The molecule has 102 valence electrons. The van der Waals surface area contributed by atoms with E-state index in [1.807, 2.05) is 0 Å². The molecule has 0 aliphatic heterocycles. The van der Waals surface area contributed by atoms with Gasteiger partial charge < -0.3 is 9.47 Å². The van der Waals surface area contributed by atoms with Crippen LogP contribution in [-0.2, 0) is 9.84 Å². The van der Waals surface area contributed by atoms with Gasteiger partial charge in [0.1, 0.15) is 9.84 Å². The van der Waals surface area contributed by atoms with Crippen LogP contribution in [0.25, 0.3) is 0 Å². The van der Waals surface area contributed by atoms with E-state index in [0.29, 0.717) is 21.5 Å². The Morgan fingerprint density at radius 3 is 2.22 bits per heavy atom. The fourth-order valence-corrected chi connectivity index (χ4v) is 3.77. The number of benzene rings is 1. The van der Waals surface area contributed by atoms with E-state index in [2.05, 4.69) is 15.9 Å². The maximum Gasteiger partial charge on any atom is 0.161 e.